The van der Waals surface area contributed by atoms with E-state index in [4.69, 9.17) is 0 Å². The summed E-state index contributed by atoms with van der Waals surface area (Å²) in [6, 6.07) is 0. The number of rotatable bonds is 0. The molecule has 0 saturated heterocycles. The minimum absolute atomic E-state index is 0. The fourth-order valence-electron chi connectivity index (χ4n) is 1.75. The van der Waals surface area contributed by atoms with Crippen LogP contribution in [0.1, 0.15) is 43.9 Å². The summed E-state index contributed by atoms with van der Waals surface area (Å²) in [7, 11) is 0. The zero-order valence-corrected chi connectivity index (χ0v) is 13.4. The van der Waals surface area contributed by atoms with Crippen molar-refractivity contribution in [2.24, 2.45) is 5.41 Å². The molecule has 2 rings (SSSR count). The van der Waals surface area contributed by atoms with Gasteiger partial charge in [-0.05, 0) is 0 Å². The fraction of sp³-hybridized carbons (Fsp3) is 0.467. The number of hydrogen-bond acceptors (Lipinski definition) is 0. The second kappa shape index (κ2) is 6.55. The molecule has 0 aromatic carbocycles. The molecule has 0 fully saturated rings. The predicted octanol–water partition coefficient (Wildman–Crippen LogP) is 4.64. The Labute approximate surface area is 122 Å². The van der Waals surface area contributed by atoms with Crippen LogP contribution in [0.3, 0.4) is 0 Å². The van der Waals surface area contributed by atoms with Gasteiger partial charge in [0.15, 0.2) is 0 Å². The van der Waals surface area contributed by atoms with E-state index in [2.05, 4.69) is 52.8 Å². The van der Waals surface area contributed by atoms with Gasteiger partial charge in [-0.3, -0.25) is 12.2 Å². The Hall–Kier alpha value is -0.157. The van der Waals surface area contributed by atoms with Crippen molar-refractivity contribution in [2.45, 2.75) is 41.0 Å². The van der Waals surface area contributed by atoms with Gasteiger partial charge in [0.05, 0.1) is 0 Å². The first-order valence-electron chi connectivity index (χ1n) is 5.47. The second-order valence-corrected chi connectivity index (χ2v) is 4.63. The van der Waals surface area contributed by atoms with Gasteiger partial charge in [0, 0.05) is 0 Å². The van der Waals surface area contributed by atoms with Gasteiger partial charge in [-0.2, -0.15) is 17.2 Å². The van der Waals surface area contributed by atoms with Crippen LogP contribution in [-0.4, -0.2) is 0 Å². The van der Waals surface area contributed by atoms with Gasteiger partial charge in [-0.25, -0.2) is 17.7 Å². The summed E-state index contributed by atoms with van der Waals surface area (Å²) < 4.78 is 0. The summed E-state index contributed by atoms with van der Waals surface area (Å²) in [5.74, 6) is 0. The Bertz CT molecular complexity index is 351. The molecule has 0 aromatic rings. The van der Waals surface area contributed by atoms with Crippen molar-refractivity contribution in [2.75, 3.05) is 0 Å². The molecule has 0 N–H and O–H groups in total. The third-order valence-electron chi connectivity index (χ3n) is 3.15. The molecule has 2 aliphatic rings. The van der Waals surface area contributed by atoms with Gasteiger partial charge in [0.1, 0.15) is 0 Å². The molecular formula is C15H22Zr-2. The molecule has 0 aromatic heterocycles. The van der Waals surface area contributed by atoms with Crippen LogP contribution in [0.25, 0.3) is 0 Å². The van der Waals surface area contributed by atoms with Crippen molar-refractivity contribution in [1.82, 2.24) is 0 Å². The third-order valence-corrected chi connectivity index (χ3v) is 3.15. The van der Waals surface area contributed by atoms with Gasteiger partial charge in [0.2, 0.25) is 0 Å². The number of hydrogen-bond donors (Lipinski definition) is 0. The Morgan fingerprint density at radius 3 is 2.00 bits per heavy atom. The summed E-state index contributed by atoms with van der Waals surface area (Å²) in [4.78, 5) is 0. The number of allylic oxidation sites excluding steroid dienone is 8. The Balaban J connectivity index is -0.000000245. The van der Waals surface area contributed by atoms with Crippen LogP contribution in [-0.2, 0) is 26.2 Å². The largest absolute Gasteiger partial charge is 2.00 e. The van der Waals surface area contributed by atoms with E-state index in [0.29, 0.717) is 0 Å². The standard InChI is InChI=1S/C10H15.C5H5.Zr.2H/c1-7-6-10(4,5)9(3)8(7)2;1-2-4-5-3-1;;;/h1-5H3;1-3H,4H2;;;/q2*-1;+2;2*-1. The Morgan fingerprint density at radius 2 is 1.88 bits per heavy atom. The molecule has 0 bridgehead atoms. The molecule has 2 aliphatic carbocycles. The van der Waals surface area contributed by atoms with Crippen LogP contribution in [0.5, 0.6) is 0 Å². The molecule has 0 atom stereocenters. The second-order valence-electron chi connectivity index (χ2n) is 4.63. The topological polar surface area (TPSA) is 0 Å². The van der Waals surface area contributed by atoms with Crippen LogP contribution in [0.4, 0.5) is 0 Å². The average molecular weight is 294 g/mol. The molecular weight excluding hydrogens is 271 g/mol. The quantitative estimate of drug-likeness (QED) is 0.571. The van der Waals surface area contributed by atoms with Crippen molar-refractivity contribution in [3.8, 4) is 0 Å². The zero-order chi connectivity index (χ0) is 11.5. The van der Waals surface area contributed by atoms with E-state index in [0.717, 1.165) is 6.42 Å². The monoisotopic (exact) mass is 292 g/mol. The third kappa shape index (κ3) is 4.02. The van der Waals surface area contributed by atoms with Crippen molar-refractivity contribution < 1.29 is 29.1 Å². The van der Waals surface area contributed by atoms with Crippen LogP contribution in [0, 0.1) is 17.6 Å². The summed E-state index contributed by atoms with van der Waals surface area (Å²) in [6.45, 7) is 10.9. The molecule has 88 valence electrons. The molecule has 0 heterocycles. The minimum Gasteiger partial charge on any atom is -1.00 e. The summed E-state index contributed by atoms with van der Waals surface area (Å²) in [6.07, 6.45) is 13.4. The Kier molecular flexibility index (Phi) is 6.48. The summed E-state index contributed by atoms with van der Waals surface area (Å²) in [5.41, 5.74) is 4.39. The van der Waals surface area contributed by atoms with Crippen LogP contribution in [0.15, 0.2) is 34.9 Å². The molecule has 0 unspecified atom stereocenters. The van der Waals surface area contributed by atoms with E-state index < -0.39 is 0 Å². The molecule has 16 heavy (non-hydrogen) atoms. The SMILES string of the molecule is CC1=[C-]C(C)(C)C(C)=C1C.[C-]1=CC=CC1.[H-].[H-].[Zr+2]. The van der Waals surface area contributed by atoms with Gasteiger partial charge < -0.3 is 2.85 Å². The first kappa shape index (κ1) is 15.8. The van der Waals surface area contributed by atoms with Gasteiger partial charge in [0.25, 0.3) is 0 Å². The molecule has 0 saturated carbocycles. The first-order valence-corrected chi connectivity index (χ1v) is 5.47. The molecule has 0 aliphatic heterocycles. The average Bonchev–Trinajstić information content (AvgIpc) is 2.76. The van der Waals surface area contributed by atoms with Crippen molar-refractivity contribution >= 4 is 0 Å². The smallest absolute Gasteiger partial charge is 1.00 e. The minimum atomic E-state index is 0. The molecule has 1 heteroatoms. The zero-order valence-electron chi connectivity index (χ0n) is 12.9. The maximum Gasteiger partial charge on any atom is 2.00 e. The van der Waals surface area contributed by atoms with E-state index >= 15 is 0 Å². The fourth-order valence-corrected chi connectivity index (χ4v) is 1.75. The van der Waals surface area contributed by atoms with Gasteiger partial charge in [-0.15, -0.1) is 13.3 Å². The molecule has 0 nitrogen and oxygen atoms in total. The first-order chi connectivity index (χ1) is 6.95. The van der Waals surface area contributed by atoms with Gasteiger partial charge in [-0.1, -0.05) is 33.1 Å². The van der Waals surface area contributed by atoms with E-state index in [1.165, 1.54) is 16.7 Å². The van der Waals surface area contributed by atoms with Crippen LogP contribution in [0.2, 0.25) is 0 Å². The van der Waals surface area contributed by atoms with Crippen molar-refractivity contribution in [3.05, 3.63) is 47.1 Å². The van der Waals surface area contributed by atoms with Crippen LogP contribution >= 0.6 is 0 Å². The summed E-state index contributed by atoms with van der Waals surface area (Å²) >= 11 is 0. The van der Waals surface area contributed by atoms with Crippen molar-refractivity contribution in [3.63, 3.8) is 0 Å². The molecule has 0 radical (unpaired) electrons. The molecule has 0 spiro atoms. The van der Waals surface area contributed by atoms with E-state index in [1.54, 1.807) is 0 Å². The maximum atomic E-state index is 3.44. The van der Waals surface area contributed by atoms with Crippen molar-refractivity contribution in [1.29, 1.82) is 0 Å². The summed E-state index contributed by atoms with van der Waals surface area (Å²) in [5, 5.41) is 0. The van der Waals surface area contributed by atoms with E-state index in [9.17, 15) is 0 Å². The molecule has 0 amide bonds. The van der Waals surface area contributed by atoms with E-state index in [1.807, 2.05) is 12.2 Å². The Morgan fingerprint density at radius 1 is 1.25 bits per heavy atom. The van der Waals surface area contributed by atoms with E-state index in [-0.39, 0.29) is 34.5 Å². The van der Waals surface area contributed by atoms with Gasteiger partial charge >= 0.3 is 26.2 Å². The normalized spacial score (nSPS) is 20.2. The predicted molar refractivity (Wildman–Crippen MR) is 68.4 cm³/mol. The van der Waals surface area contributed by atoms with Crippen LogP contribution < -0.4 is 0 Å². The maximum absolute atomic E-state index is 3.44.